The number of hydrogen-bond donors (Lipinski definition) is 0. The lowest BCUT2D eigenvalue weighted by atomic mass is 10.2. The molecule has 1 rings (SSSR count). The van der Waals surface area contributed by atoms with E-state index in [4.69, 9.17) is 11.6 Å². The van der Waals surface area contributed by atoms with Gasteiger partial charge in [0.2, 0.25) is 0 Å². The van der Waals surface area contributed by atoms with Gasteiger partial charge in [-0.15, -0.1) is 0 Å². The molecule has 1 aromatic rings. The summed E-state index contributed by atoms with van der Waals surface area (Å²) >= 11 is 5.54. The topological polar surface area (TPSA) is 0 Å². The Balaban J connectivity index is 3.05. The molecule has 0 aliphatic heterocycles. The van der Waals surface area contributed by atoms with Crippen LogP contribution < -0.4 is 0 Å². The van der Waals surface area contributed by atoms with Gasteiger partial charge in [0.1, 0.15) is 5.82 Å². The van der Waals surface area contributed by atoms with Gasteiger partial charge in [-0.2, -0.15) is 0 Å². The average Bonchev–Trinajstić information content (AvgIpc) is 1.98. The van der Waals surface area contributed by atoms with Crippen LogP contribution >= 0.6 is 11.6 Å². The minimum Gasteiger partial charge on any atom is -0.205 e. The number of hydrogen-bond acceptors (Lipinski definition) is 0. The van der Waals surface area contributed by atoms with Gasteiger partial charge in [0, 0.05) is 0 Å². The summed E-state index contributed by atoms with van der Waals surface area (Å²) < 4.78 is 12.6. The molecule has 0 amide bonds. The van der Waals surface area contributed by atoms with E-state index in [-0.39, 0.29) is 10.8 Å². The number of benzene rings is 1. The zero-order valence-corrected chi connectivity index (χ0v) is 6.90. The fourth-order valence-corrected chi connectivity index (χ4v) is 0.997. The molecule has 0 N–H and O–H groups in total. The lowest BCUT2D eigenvalue weighted by molar-refractivity contribution is 0.628. The monoisotopic (exact) mass is 170 g/mol. The third kappa shape index (κ3) is 2.05. The van der Waals surface area contributed by atoms with Crippen LogP contribution in [0.5, 0.6) is 0 Å². The number of rotatable bonds is 1. The molecule has 11 heavy (non-hydrogen) atoms. The molecule has 0 unspecified atom stereocenters. The smallest absolute Gasteiger partial charge is 0.141 e. The van der Waals surface area contributed by atoms with E-state index in [1.165, 1.54) is 6.07 Å². The first-order chi connectivity index (χ1) is 5.24. The first kappa shape index (κ1) is 8.28. The third-order valence-corrected chi connectivity index (χ3v) is 1.59. The maximum Gasteiger partial charge on any atom is 0.141 e. The van der Waals surface area contributed by atoms with Gasteiger partial charge in [-0.25, -0.2) is 4.39 Å². The van der Waals surface area contributed by atoms with Crippen LogP contribution in [0.25, 0.3) is 6.08 Å². The van der Waals surface area contributed by atoms with Crippen LogP contribution in [0.1, 0.15) is 12.5 Å². The van der Waals surface area contributed by atoms with Gasteiger partial charge in [0.05, 0.1) is 5.02 Å². The van der Waals surface area contributed by atoms with E-state index in [0.717, 1.165) is 5.56 Å². The Bertz CT molecular complexity index is 279. The summed E-state index contributed by atoms with van der Waals surface area (Å²) in [7, 11) is 0. The highest BCUT2D eigenvalue weighted by Gasteiger charge is 1.96. The van der Waals surface area contributed by atoms with E-state index in [9.17, 15) is 4.39 Å². The molecule has 1 aromatic carbocycles. The Morgan fingerprint density at radius 1 is 1.45 bits per heavy atom. The second-order valence-electron chi connectivity index (χ2n) is 2.17. The summed E-state index contributed by atoms with van der Waals surface area (Å²) in [6, 6.07) is 4.63. The third-order valence-electron chi connectivity index (χ3n) is 1.30. The van der Waals surface area contributed by atoms with Crippen LogP contribution in [0.3, 0.4) is 0 Å². The van der Waals surface area contributed by atoms with E-state index in [1.807, 2.05) is 19.1 Å². The van der Waals surface area contributed by atoms with E-state index >= 15 is 0 Å². The molecule has 0 aliphatic rings. The Hall–Kier alpha value is -0.820. The van der Waals surface area contributed by atoms with E-state index in [1.54, 1.807) is 12.1 Å². The van der Waals surface area contributed by atoms with Crippen molar-refractivity contribution < 1.29 is 4.39 Å². The summed E-state index contributed by atoms with van der Waals surface area (Å²) in [6.45, 7) is 1.90. The number of allylic oxidation sites excluding steroid dienone is 1. The molecule has 0 radical (unpaired) electrons. The fraction of sp³-hybridized carbons (Fsp3) is 0.111. The molecule has 2 heteroatoms. The van der Waals surface area contributed by atoms with Gasteiger partial charge < -0.3 is 0 Å². The summed E-state index contributed by atoms with van der Waals surface area (Å²) in [5, 5.41) is 0.167. The van der Waals surface area contributed by atoms with Gasteiger partial charge in [0.25, 0.3) is 0 Å². The van der Waals surface area contributed by atoms with Crippen molar-refractivity contribution in [2.75, 3.05) is 0 Å². The molecule has 0 fully saturated rings. The van der Waals surface area contributed by atoms with E-state index < -0.39 is 0 Å². The van der Waals surface area contributed by atoms with Crippen molar-refractivity contribution in [1.29, 1.82) is 0 Å². The molecule has 0 spiro atoms. The Morgan fingerprint density at radius 2 is 2.18 bits per heavy atom. The molecule has 58 valence electrons. The highest BCUT2D eigenvalue weighted by molar-refractivity contribution is 6.30. The molecule has 0 heterocycles. The Labute approximate surface area is 70.3 Å². The predicted octanol–water partition coefficient (Wildman–Crippen LogP) is 3.51. The van der Waals surface area contributed by atoms with Crippen LogP contribution in [0.15, 0.2) is 24.3 Å². The fourth-order valence-electron chi connectivity index (χ4n) is 0.809. The van der Waals surface area contributed by atoms with Gasteiger partial charge in [0.15, 0.2) is 0 Å². The molecular formula is C9H8ClF. The Kier molecular flexibility index (Phi) is 2.66. The minimum atomic E-state index is -0.375. The second kappa shape index (κ2) is 3.54. The van der Waals surface area contributed by atoms with Crippen LogP contribution in [-0.4, -0.2) is 0 Å². The van der Waals surface area contributed by atoms with Gasteiger partial charge >= 0.3 is 0 Å². The molecule has 0 bridgehead atoms. The van der Waals surface area contributed by atoms with Gasteiger partial charge in [-0.3, -0.25) is 0 Å². The summed E-state index contributed by atoms with van der Waals surface area (Å²) in [5.41, 5.74) is 0.916. The highest BCUT2D eigenvalue weighted by atomic mass is 35.5. The second-order valence-corrected chi connectivity index (χ2v) is 2.58. The van der Waals surface area contributed by atoms with Crippen LogP contribution in [0, 0.1) is 5.82 Å². The average molecular weight is 171 g/mol. The van der Waals surface area contributed by atoms with Crippen molar-refractivity contribution in [3.05, 3.63) is 40.7 Å². The predicted molar refractivity (Wildman–Crippen MR) is 46.1 cm³/mol. The molecule has 0 aliphatic carbocycles. The molecule has 0 saturated heterocycles. The van der Waals surface area contributed by atoms with Crippen molar-refractivity contribution in [3.63, 3.8) is 0 Å². The number of halogens is 2. The van der Waals surface area contributed by atoms with Crippen LogP contribution in [-0.2, 0) is 0 Å². The maximum atomic E-state index is 12.6. The zero-order valence-electron chi connectivity index (χ0n) is 6.14. The normalized spacial score (nSPS) is 10.8. The van der Waals surface area contributed by atoms with Crippen molar-refractivity contribution in [2.24, 2.45) is 0 Å². The molecule has 0 nitrogen and oxygen atoms in total. The first-order valence-corrected chi connectivity index (χ1v) is 3.69. The van der Waals surface area contributed by atoms with E-state index in [0.29, 0.717) is 0 Å². The molecular weight excluding hydrogens is 163 g/mol. The Morgan fingerprint density at radius 3 is 2.73 bits per heavy atom. The van der Waals surface area contributed by atoms with E-state index in [2.05, 4.69) is 0 Å². The summed E-state index contributed by atoms with van der Waals surface area (Å²) in [4.78, 5) is 0. The SMILES string of the molecule is C/C=C/c1ccc(F)c(Cl)c1. The molecule has 0 atom stereocenters. The lowest BCUT2D eigenvalue weighted by Crippen LogP contribution is -1.77. The zero-order chi connectivity index (χ0) is 8.27. The maximum absolute atomic E-state index is 12.6. The quantitative estimate of drug-likeness (QED) is 0.605. The van der Waals surface area contributed by atoms with Gasteiger partial charge in [-0.1, -0.05) is 29.8 Å². The van der Waals surface area contributed by atoms with Gasteiger partial charge in [-0.05, 0) is 24.6 Å². The summed E-state index contributed by atoms with van der Waals surface area (Å²) in [5.74, 6) is -0.375. The largest absolute Gasteiger partial charge is 0.205 e. The molecule has 0 aromatic heterocycles. The molecule has 0 saturated carbocycles. The minimum absolute atomic E-state index is 0.167. The summed E-state index contributed by atoms with van der Waals surface area (Å²) in [6.07, 6.45) is 3.74. The standard InChI is InChI=1S/C9H8ClF/c1-2-3-7-4-5-9(11)8(10)6-7/h2-6H,1H3/b3-2+. The van der Waals surface area contributed by atoms with Crippen molar-refractivity contribution >= 4 is 17.7 Å². The highest BCUT2D eigenvalue weighted by Crippen LogP contribution is 2.16. The van der Waals surface area contributed by atoms with Crippen LogP contribution in [0.4, 0.5) is 4.39 Å². The first-order valence-electron chi connectivity index (χ1n) is 3.32. The van der Waals surface area contributed by atoms with Crippen LogP contribution in [0.2, 0.25) is 5.02 Å². The lowest BCUT2D eigenvalue weighted by Gasteiger charge is -1.94. The van der Waals surface area contributed by atoms with Crippen molar-refractivity contribution in [3.8, 4) is 0 Å². The van der Waals surface area contributed by atoms with Crippen molar-refractivity contribution in [2.45, 2.75) is 6.92 Å². The van der Waals surface area contributed by atoms with Crippen molar-refractivity contribution in [1.82, 2.24) is 0 Å².